The average Bonchev–Trinajstić information content (AvgIpc) is 1.67. The molecule has 0 radical (unpaired) electrons. The van der Waals surface area contributed by atoms with Gasteiger partial charge in [0, 0.05) is 87.7 Å². The van der Waals surface area contributed by atoms with Gasteiger partial charge in [0.2, 0.25) is 13.4 Å². The minimum absolute atomic E-state index is 0.122. The van der Waals surface area contributed by atoms with Crippen LogP contribution in [0.2, 0.25) is 0 Å². The van der Waals surface area contributed by atoms with E-state index in [1.807, 2.05) is 0 Å². The molecule has 1 unspecified atom stereocenters. The summed E-state index contributed by atoms with van der Waals surface area (Å²) in [6.45, 7) is 7.66. The van der Waals surface area contributed by atoms with Gasteiger partial charge >= 0.3 is 0 Å². The first kappa shape index (κ1) is 49.3. The third-order valence-corrected chi connectivity index (χ3v) is 21.4. The molecule has 0 spiro atoms. The molecule has 4 aromatic heterocycles. The van der Waals surface area contributed by atoms with Crippen LogP contribution in [0.5, 0.6) is 0 Å². The summed E-state index contributed by atoms with van der Waals surface area (Å²) in [7, 11) is 0. The molecule has 6 heteroatoms. The second kappa shape index (κ2) is 17.7. The van der Waals surface area contributed by atoms with Gasteiger partial charge in [0.05, 0.1) is 33.1 Å². The molecule has 0 fully saturated rings. The van der Waals surface area contributed by atoms with Crippen molar-refractivity contribution in [1.29, 1.82) is 0 Å². The summed E-state index contributed by atoms with van der Waals surface area (Å²) in [5.41, 5.74) is 30.3. The highest BCUT2D eigenvalue weighted by molar-refractivity contribution is 7.00. The highest BCUT2D eigenvalue weighted by Crippen LogP contribution is 2.49. The third-order valence-electron chi connectivity index (χ3n) is 21.4. The van der Waals surface area contributed by atoms with Crippen LogP contribution >= 0.6 is 0 Å². The SMILES string of the molecule is CC1(C)c2cccc3c2B(c2ccc4c(c21)c1ccccc1n4-c1ccccc1)c1cccc2c4ccccc4n-3c12.CC1(c2ccccc2)c2cccc3c2B(c2ccc4c(c21)c1ccccc1n4-c1ccccc1)c1cccc2c4ccccc4n-3c12. The highest BCUT2D eigenvalue weighted by Gasteiger charge is 2.50. The number of hydrogen-bond donors (Lipinski definition) is 0. The van der Waals surface area contributed by atoms with Gasteiger partial charge in [-0.05, 0) is 129 Å². The lowest BCUT2D eigenvalue weighted by atomic mass is 9.30. The van der Waals surface area contributed by atoms with E-state index >= 15 is 0 Å². The van der Waals surface area contributed by atoms with E-state index in [2.05, 4.69) is 324 Å². The zero-order valence-corrected chi connectivity index (χ0v) is 49.6. The van der Waals surface area contributed by atoms with Gasteiger partial charge in [0.1, 0.15) is 0 Å². The van der Waals surface area contributed by atoms with Crippen LogP contribution in [0.4, 0.5) is 0 Å². The first-order valence-corrected chi connectivity index (χ1v) is 31.5. The summed E-state index contributed by atoms with van der Waals surface area (Å²) in [4.78, 5) is 0. The number of fused-ring (bicyclic) bond motifs is 22. The Labute approximate surface area is 515 Å². The second-order valence-electron chi connectivity index (χ2n) is 25.9. The minimum atomic E-state index is -0.391. The minimum Gasteiger partial charge on any atom is -0.310 e. The van der Waals surface area contributed by atoms with Gasteiger partial charge in [-0.25, -0.2) is 0 Å². The van der Waals surface area contributed by atoms with Gasteiger partial charge in [0.25, 0.3) is 0 Å². The Hall–Kier alpha value is -10.8. The highest BCUT2D eigenvalue weighted by atomic mass is 15.0. The Morgan fingerprint density at radius 3 is 1.16 bits per heavy atom. The molecule has 4 nitrogen and oxygen atoms in total. The smallest absolute Gasteiger partial charge is 0.247 e. The molecule has 0 saturated carbocycles. The molecule has 13 aromatic carbocycles. The molecule has 21 rings (SSSR count). The van der Waals surface area contributed by atoms with Crippen molar-refractivity contribution < 1.29 is 0 Å². The van der Waals surface area contributed by atoms with E-state index in [4.69, 9.17) is 0 Å². The molecule has 0 N–H and O–H groups in total. The van der Waals surface area contributed by atoms with Gasteiger partial charge in [-0.3, -0.25) is 0 Å². The van der Waals surface area contributed by atoms with E-state index in [-0.39, 0.29) is 18.8 Å². The first-order valence-electron chi connectivity index (χ1n) is 31.5. The van der Waals surface area contributed by atoms with Crippen molar-refractivity contribution >= 4 is 133 Å². The van der Waals surface area contributed by atoms with Crippen molar-refractivity contribution in [1.82, 2.24) is 18.3 Å². The number of benzene rings is 13. The molecule has 414 valence electrons. The van der Waals surface area contributed by atoms with E-state index < -0.39 is 5.41 Å². The van der Waals surface area contributed by atoms with E-state index in [0.717, 1.165) is 0 Å². The van der Waals surface area contributed by atoms with Crippen LogP contribution in [-0.4, -0.2) is 31.7 Å². The first-order chi connectivity index (χ1) is 43.9. The topological polar surface area (TPSA) is 19.7 Å². The van der Waals surface area contributed by atoms with Crippen molar-refractivity contribution in [3.8, 4) is 22.7 Å². The largest absolute Gasteiger partial charge is 0.310 e. The molecule has 89 heavy (non-hydrogen) atoms. The molecular formula is C83H56B2N4. The van der Waals surface area contributed by atoms with Gasteiger partial charge in [0.15, 0.2) is 0 Å². The van der Waals surface area contributed by atoms with Gasteiger partial charge in [-0.2, -0.15) is 0 Å². The fourth-order valence-corrected chi connectivity index (χ4v) is 18.0. The predicted octanol–water partition coefficient (Wildman–Crippen LogP) is 15.7. The monoisotopic (exact) mass is 1130 g/mol. The zero-order chi connectivity index (χ0) is 58.6. The van der Waals surface area contributed by atoms with E-state index in [1.165, 1.54) is 171 Å². The molecule has 8 heterocycles. The summed E-state index contributed by atoms with van der Waals surface area (Å²) in [6, 6.07) is 106. The van der Waals surface area contributed by atoms with Crippen molar-refractivity contribution in [2.45, 2.75) is 31.6 Å². The number of aromatic nitrogens is 4. The lowest BCUT2D eigenvalue weighted by molar-refractivity contribution is 0.652. The Bertz CT molecular complexity index is 5920. The Kier molecular flexibility index (Phi) is 9.80. The molecule has 4 aliphatic heterocycles. The van der Waals surface area contributed by atoms with Crippen LogP contribution in [0, 0.1) is 0 Å². The fourth-order valence-electron chi connectivity index (χ4n) is 18.0. The van der Waals surface area contributed by atoms with Crippen LogP contribution < -0.4 is 32.8 Å². The van der Waals surface area contributed by atoms with E-state index in [1.54, 1.807) is 0 Å². The summed E-state index contributed by atoms with van der Waals surface area (Å²) in [5.74, 6) is 0. The molecule has 17 aromatic rings. The number of rotatable bonds is 3. The number of para-hydroxylation sites is 8. The maximum Gasteiger partial charge on any atom is 0.247 e. The van der Waals surface area contributed by atoms with Gasteiger partial charge < -0.3 is 18.3 Å². The Balaban J connectivity index is 0.000000126. The van der Waals surface area contributed by atoms with E-state index in [0.29, 0.717) is 0 Å². The van der Waals surface area contributed by atoms with Crippen molar-refractivity contribution in [2.75, 3.05) is 0 Å². The second-order valence-corrected chi connectivity index (χ2v) is 25.9. The van der Waals surface area contributed by atoms with Crippen LogP contribution in [0.1, 0.15) is 48.6 Å². The Morgan fingerprint density at radius 1 is 0.270 bits per heavy atom. The van der Waals surface area contributed by atoms with Crippen molar-refractivity contribution in [3.63, 3.8) is 0 Å². The number of nitrogens with zero attached hydrogens (tertiary/aromatic N) is 4. The fraction of sp³-hybridized carbons (Fsp3) is 0.0602. The van der Waals surface area contributed by atoms with Crippen LogP contribution in [0.15, 0.2) is 285 Å². The lowest BCUT2D eigenvalue weighted by Crippen LogP contribution is -2.64. The standard InChI is InChI=1S/C44H29BN2.C39H27BN2/c1-44(28-14-4-2-5-15-28)33-21-13-25-39-42(33)45(35-22-12-20-31-30-18-8-10-23-36(30)47(39)43(31)35)34-26-27-38-40(41(34)44)32-19-9-11-24-37(32)46(38)29-16-6-3-7-17-29;1-39(2)28-17-11-21-34-37(28)40(30-18-10-16-26-25-14-6-8-19-31(25)42(34)38(26)30)29-22-23-33-35(36(29)39)27-15-7-9-20-32(27)41(33)24-12-4-3-5-13-24/h2-27H,1H3;3-23H,1-2H3. The van der Waals surface area contributed by atoms with Gasteiger partial charge in [-0.1, -0.05) is 237 Å². The maximum atomic E-state index is 2.55. The summed E-state index contributed by atoms with van der Waals surface area (Å²) in [6.07, 6.45) is 0. The Morgan fingerprint density at radius 2 is 0.652 bits per heavy atom. The predicted molar refractivity (Wildman–Crippen MR) is 377 cm³/mol. The van der Waals surface area contributed by atoms with Crippen LogP contribution in [-0.2, 0) is 10.8 Å². The third kappa shape index (κ3) is 6.21. The molecule has 0 aliphatic carbocycles. The summed E-state index contributed by atoms with van der Waals surface area (Å²) in [5, 5.41) is 10.7. The average molecular weight is 1130 g/mol. The molecule has 4 aliphatic rings. The molecule has 0 bridgehead atoms. The summed E-state index contributed by atoms with van der Waals surface area (Å²) < 4.78 is 10.00. The van der Waals surface area contributed by atoms with Gasteiger partial charge in [-0.15, -0.1) is 0 Å². The lowest BCUT2D eigenvalue weighted by Gasteiger charge is -2.44. The molecule has 1 atom stereocenters. The molecular weight excluding hydrogens is 1070 g/mol. The molecule has 0 saturated heterocycles. The normalized spacial score (nSPS) is 15.4. The van der Waals surface area contributed by atoms with E-state index in [9.17, 15) is 0 Å². The summed E-state index contributed by atoms with van der Waals surface area (Å²) >= 11 is 0. The van der Waals surface area contributed by atoms with Crippen molar-refractivity contribution in [2.24, 2.45) is 0 Å². The molecule has 0 amide bonds. The van der Waals surface area contributed by atoms with Crippen LogP contribution in [0.25, 0.3) is 110 Å². The quantitative estimate of drug-likeness (QED) is 0.157. The zero-order valence-electron chi connectivity index (χ0n) is 49.6. The maximum absolute atomic E-state index is 2.55. The van der Waals surface area contributed by atoms with Crippen LogP contribution in [0.3, 0.4) is 0 Å². The number of hydrogen-bond acceptors (Lipinski definition) is 0. The van der Waals surface area contributed by atoms with Crippen molar-refractivity contribution in [3.05, 3.63) is 313 Å².